The Bertz CT molecular complexity index is 471. The monoisotopic (exact) mass is 306 g/mol. The first-order chi connectivity index (χ1) is 9.35. The van der Waals surface area contributed by atoms with Crippen molar-refractivity contribution in [3.05, 3.63) is 29.0 Å². The van der Waals surface area contributed by atoms with Gasteiger partial charge in [0.2, 0.25) is 0 Å². The molecule has 1 fully saturated rings. The minimum Gasteiger partial charge on any atom is -0.337 e. The number of alkyl halides is 3. The lowest BCUT2D eigenvalue weighted by molar-refractivity contribution is -0.136. The largest absolute Gasteiger partial charge is 0.390 e. The van der Waals surface area contributed by atoms with E-state index in [1.54, 1.807) is 0 Å². The average molecular weight is 307 g/mol. The molecule has 2 rings (SSSR count). The molecular formula is C13H14ClF3N2O. The van der Waals surface area contributed by atoms with Crippen LogP contribution >= 0.6 is 11.6 Å². The van der Waals surface area contributed by atoms with E-state index in [4.69, 9.17) is 11.6 Å². The first-order valence-corrected chi connectivity index (χ1v) is 6.70. The van der Waals surface area contributed by atoms with E-state index in [9.17, 15) is 18.0 Å². The van der Waals surface area contributed by atoms with E-state index in [2.05, 4.69) is 4.98 Å². The first kappa shape index (κ1) is 15.1. The summed E-state index contributed by atoms with van der Waals surface area (Å²) in [7, 11) is 0. The molecule has 110 valence electrons. The Kier molecular flexibility index (Phi) is 4.52. The standard InChI is InChI=1S/C13H14ClF3N2O/c14-10-3-4-11(18-7-10)12(20)19(8-9-1-2-9)6-5-13(15,16)17/h3-4,7,9H,1-2,5-6,8H2. The third-order valence-electron chi connectivity index (χ3n) is 3.07. The summed E-state index contributed by atoms with van der Waals surface area (Å²) in [6.07, 6.45) is -2.03. The number of aromatic nitrogens is 1. The molecule has 0 bridgehead atoms. The van der Waals surface area contributed by atoms with Gasteiger partial charge in [0.1, 0.15) is 5.69 Å². The summed E-state index contributed by atoms with van der Waals surface area (Å²) in [6, 6.07) is 2.93. The molecule has 0 N–H and O–H groups in total. The van der Waals surface area contributed by atoms with Gasteiger partial charge in [-0.2, -0.15) is 13.2 Å². The van der Waals surface area contributed by atoms with E-state index in [-0.39, 0.29) is 12.2 Å². The molecule has 1 aliphatic carbocycles. The second kappa shape index (κ2) is 5.99. The van der Waals surface area contributed by atoms with Crippen LogP contribution in [0.25, 0.3) is 0 Å². The molecule has 1 saturated carbocycles. The summed E-state index contributed by atoms with van der Waals surface area (Å²) in [5, 5.41) is 0.380. The van der Waals surface area contributed by atoms with Gasteiger partial charge < -0.3 is 4.90 Å². The van der Waals surface area contributed by atoms with Crippen LogP contribution in [0.4, 0.5) is 13.2 Å². The highest BCUT2D eigenvalue weighted by Crippen LogP contribution is 2.31. The molecule has 0 aromatic carbocycles. The van der Waals surface area contributed by atoms with E-state index in [1.165, 1.54) is 23.2 Å². The summed E-state index contributed by atoms with van der Waals surface area (Å²) in [4.78, 5) is 17.3. The Morgan fingerprint density at radius 1 is 1.40 bits per heavy atom. The number of nitrogens with zero attached hydrogens (tertiary/aromatic N) is 2. The molecule has 0 radical (unpaired) electrons. The second-order valence-corrected chi connectivity index (χ2v) is 5.36. The Hall–Kier alpha value is -1.30. The van der Waals surface area contributed by atoms with Crippen molar-refractivity contribution in [3.63, 3.8) is 0 Å². The number of hydrogen-bond donors (Lipinski definition) is 0. The SMILES string of the molecule is O=C(c1ccc(Cl)cn1)N(CCC(F)(F)F)CC1CC1. The maximum absolute atomic E-state index is 12.3. The number of rotatable bonds is 5. The summed E-state index contributed by atoms with van der Waals surface area (Å²) < 4.78 is 37.0. The van der Waals surface area contributed by atoms with Gasteiger partial charge in [-0.25, -0.2) is 4.98 Å². The fourth-order valence-corrected chi connectivity index (χ4v) is 1.93. The zero-order chi connectivity index (χ0) is 14.8. The maximum atomic E-state index is 12.3. The van der Waals surface area contributed by atoms with Gasteiger partial charge in [0.05, 0.1) is 11.4 Å². The van der Waals surface area contributed by atoms with Crippen LogP contribution in [0.5, 0.6) is 0 Å². The molecular weight excluding hydrogens is 293 g/mol. The predicted molar refractivity (Wildman–Crippen MR) is 68.5 cm³/mol. The lowest BCUT2D eigenvalue weighted by atomic mass is 10.2. The van der Waals surface area contributed by atoms with E-state index < -0.39 is 18.5 Å². The topological polar surface area (TPSA) is 33.2 Å². The zero-order valence-corrected chi connectivity index (χ0v) is 11.4. The number of carbonyl (C=O) groups is 1. The van der Waals surface area contributed by atoms with Crippen LogP contribution in [0.2, 0.25) is 5.02 Å². The number of halogens is 4. The third-order valence-corrected chi connectivity index (χ3v) is 3.30. The Morgan fingerprint density at radius 3 is 2.60 bits per heavy atom. The summed E-state index contributed by atoms with van der Waals surface area (Å²) in [6.45, 7) is 0.0301. The first-order valence-electron chi connectivity index (χ1n) is 6.33. The molecule has 3 nitrogen and oxygen atoms in total. The van der Waals surface area contributed by atoms with Crippen molar-refractivity contribution in [1.29, 1.82) is 0 Å². The van der Waals surface area contributed by atoms with E-state index in [0.29, 0.717) is 17.5 Å². The van der Waals surface area contributed by atoms with Crippen LogP contribution in [-0.2, 0) is 0 Å². The van der Waals surface area contributed by atoms with Crippen molar-refractivity contribution in [2.75, 3.05) is 13.1 Å². The molecule has 1 amide bonds. The van der Waals surface area contributed by atoms with Gasteiger partial charge in [-0.3, -0.25) is 4.79 Å². The van der Waals surface area contributed by atoms with Gasteiger partial charge in [0.25, 0.3) is 5.91 Å². The molecule has 1 heterocycles. The molecule has 20 heavy (non-hydrogen) atoms. The highest BCUT2D eigenvalue weighted by atomic mass is 35.5. The Morgan fingerprint density at radius 2 is 2.10 bits per heavy atom. The maximum Gasteiger partial charge on any atom is 0.390 e. The van der Waals surface area contributed by atoms with Crippen LogP contribution in [-0.4, -0.2) is 35.1 Å². The lowest BCUT2D eigenvalue weighted by Gasteiger charge is -2.23. The smallest absolute Gasteiger partial charge is 0.337 e. The molecule has 0 aliphatic heterocycles. The number of amides is 1. The average Bonchev–Trinajstić information content (AvgIpc) is 3.17. The molecule has 7 heteroatoms. The Balaban J connectivity index is 2.04. The summed E-state index contributed by atoms with van der Waals surface area (Å²) in [5.41, 5.74) is 0.122. The van der Waals surface area contributed by atoms with Gasteiger partial charge in [0, 0.05) is 19.3 Å². The normalized spacial score (nSPS) is 15.2. The van der Waals surface area contributed by atoms with Crippen molar-refractivity contribution >= 4 is 17.5 Å². The van der Waals surface area contributed by atoms with Crippen LogP contribution in [0.1, 0.15) is 29.8 Å². The zero-order valence-electron chi connectivity index (χ0n) is 10.7. The number of hydrogen-bond acceptors (Lipinski definition) is 2. The van der Waals surface area contributed by atoms with Crippen LogP contribution in [0, 0.1) is 5.92 Å². The van der Waals surface area contributed by atoms with E-state index in [0.717, 1.165) is 12.8 Å². The van der Waals surface area contributed by atoms with Crippen molar-refractivity contribution < 1.29 is 18.0 Å². The van der Waals surface area contributed by atoms with Gasteiger partial charge >= 0.3 is 6.18 Å². The lowest BCUT2D eigenvalue weighted by Crippen LogP contribution is -2.36. The molecule has 0 saturated heterocycles. The molecule has 0 spiro atoms. The second-order valence-electron chi connectivity index (χ2n) is 4.92. The molecule has 1 aliphatic rings. The summed E-state index contributed by atoms with van der Waals surface area (Å²) in [5.74, 6) is -0.155. The van der Waals surface area contributed by atoms with Crippen molar-refractivity contribution in [3.8, 4) is 0 Å². The Labute approximate surface area is 119 Å². The summed E-state index contributed by atoms with van der Waals surface area (Å²) >= 11 is 5.68. The van der Waals surface area contributed by atoms with E-state index in [1.807, 2.05) is 0 Å². The van der Waals surface area contributed by atoms with Gasteiger partial charge in [-0.1, -0.05) is 11.6 Å². The highest BCUT2D eigenvalue weighted by molar-refractivity contribution is 6.30. The van der Waals surface area contributed by atoms with Crippen molar-refractivity contribution in [2.45, 2.75) is 25.4 Å². The van der Waals surface area contributed by atoms with Crippen molar-refractivity contribution in [1.82, 2.24) is 9.88 Å². The molecule has 1 aromatic rings. The molecule has 1 aromatic heterocycles. The minimum absolute atomic E-state index is 0.122. The van der Waals surface area contributed by atoms with Crippen LogP contribution in [0.3, 0.4) is 0 Å². The highest BCUT2D eigenvalue weighted by Gasteiger charge is 2.32. The van der Waals surface area contributed by atoms with Crippen LogP contribution in [0.15, 0.2) is 18.3 Å². The fraction of sp³-hybridized carbons (Fsp3) is 0.538. The van der Waals surface area contributed by atoms with Gasteiger partial charge in [-0.05, 0) is 30.9 Å². The number of carbonyl (C=O) groups excluding carboxylic acids is 1. The minimum atomic E-state index is -4.27. The number of pyridine rings is 1. The van der Waals surface area contributed by atoms with Crippen LogP contribution < -0.4 is 0 Å². The quantitative estimate of drug-likeness (QED) is 0.833. The van der Waals surface area contributed by atoms with Gasteiger partial charge in [-0.15, -0.1) is 0 Å². The molecule has 0 atom stereocenters. The third kappa shape index (κ3) is 4.67. The fourth-order valence-electron chi connectivity index (χ4n) is 1.81. The van der Waals surface area contributed by atoms with Gasteiger partial charge in [0.15, 0.2) is 0 Å². The predicted octanol–water partition coefficient (Wildman–Crippen LogP) is 3.54. The van der Waals surface area contributed by atoms with Crippen molar-refractivity contribution in [2.24, 2.45) is 5.92 Å². The van der Waals surface area contributed by atoms with E-state index >= 15 is 0 Å². The molecule has 0 unspecified atom stereocenters.